The Balaban J connectivity index is 2.00. The molecular weight excluding hydrogens is 192 g/mol. The van der Waals surface area contributed by atoms with Gasteiger partial charge in [-0.15, -0.1) is 0 Å². The molecule has 0 aromatic rings. The number of nitrogens with zero attached hydrogens (tertiary/aromatic N) is 1. The van der Waals surface area contributed by atoms with Crippen LogP contribution in [0.3, 0.4) is 0 Å². The van der Waals surface area contributed by atoms with Gasteiger partial charge in [-0.05, 0) is 32.1 Å². The number of aliphatic imine (C=N–C) groups is 1. The molecule has 0 radical (unpaired) electrons. The third kappa shape index (κ3) is 6.30. The monoisotopic (exact) mass is 214 g/mol. The van der Waals surface area contributed by atoms with E-state index in [-0.39, 0.29) is 0 Å². The average molecular weight is 214 g/mol. The van der Waals surface area contributed by atoms with Gasteiger partial charge in [0.2, 0.25) is 5.96 Å². The number of nitrogens with two attached hydrogens (primary N) is 1. The number of hydrazine groups is 1. The molecule has 0 aromatic heterocycles. The van der Waals surface area contributed by atoms with Crippen molar-refractivity contribution in [2.24, 2.45) is 10.8 Å². The molecule has 0 spiro atoms. The van der Waals surface area contributed by atoms with E-state index < -0.39 is 0 Å². The minimum Gasteiger partial charge on any atom is -0.385 e. The molecule has 88 valence electrons. The molecule has 5 nitrogen and oxygen atoms in total. The summed E-state index contributed by atoms with van der Waals surface area (Å²) in [6.45, 7) is 1.66. The summed E-state index contributed by atoms with van der Waals surface area (Å²) in [5.74, 6) is 6.07. The predicted molar refractivity (Wildman–Crippen MR) is 61.5 cm³/mol. The second-order valence-corrected chi connectivity index (χ2v) is 3.85. The Bertz CT molecular complexity index is 192. The highest BCUT2D eigenvalue weighted by atomic mass is 16.5. The first-order chi connectivity index (χ1) is 7.36. The van der Waals surface area contributed by atoms with Crippen LogP contribution in [0.5, 0.6) is 0 Å². The number of hydrogen-bond donors (Lipinski definition) is 3. The standard InChI is InChI=1S/C10H22N4O/c1-15-8-4-2-3-7-12-10(14-11)13-9-5-6-9/h9H,2-8,11H2,1H3,(H2,12,13,14). The van der Waals surface area contributed by atoms with Crippen LogP contribution in [0.4, 0.5) is 0 Å². The van der Waals surface area contributed by atoms with E-state index in [2.05, 4.69) is 15.7 Å². The van der Waals surface area contributed by atoms with Crippen molar-refractivity contribution in [1.29, 1.82) is 0 Å². The number of guanidine groups is 1. The molecule has 1 fully saturated rings. The smallest absolute Gasteiger partial charge is 0.205 e. The predicted octanol–water partition coefficient (Wildman–Crippen LogP) is 0.374. The molecular formula is C10H22N4O. The first-order valence-electron chi connectivity index (χ1n) is 5.63. The molecule has 0 bridgehead atoms. The van der Waals surface area contributed by atoms with Gasteiger partial charge in [-0.2, -0.15) is 0 Å². The SMILES string of the molecule is COCCCCCN=C(NN)NC1CC1. The highest BCUT2D eigenvalue weighted by Crippen LogP contribution is 2.18. The third-order valence-electron chi connectivity index (χ3n) is 2.33. The molecule has 4 N–H and O–H groups in total. The molecule has 0 saturated heterocycles. The molecule has 1 rings (SSSR count). The number of unbranched alkanes of at least 4 members (excludes halogenated alkanes) is 2. The third-order valence-corrected chi connectivity index (χ3v) is 2.33. The number of methoxy groups -OCH3 is 1. The molecule has 0 amide bonds. The largest absolute Gasteiger partial charge is 0.385 e. The summed E-state index contributed by atoms with van der Waals surface area (Å²) < 4.78 is 4.97. The molecule has 1 aliphatic rings. The lowest BCUT2D eigenvalue weighted by Crippen LogP contribution is -2.42. The minimum absolute atomic E-state index is 0.591. The van der Waals surface area contributed by atoms with Gasteiger partial charge in [0.15, 0.2) is 0 Å². The molecule has 0 aliphatic heterocycles. The Labute approximate surface area is 91.4 Å². The fourth-order valence-electron chi connectivity index (χ4n) is 1.28. The topological polar surface area (TPSA) is 71.7 Å². The van der Waals surface area contributed by atoms with Gasteiger partial charge in [0.1, 0.15) is 0 Å². The maximum Gasteiger partial charge on any atom is 0.205 e. The van der Waals surface area contributed by atoms with Crippen molar-refractivity contribution >= 4 is 5.96 Å². The van der Waals surface area contributed by atoms with Gasteiger partial charge in [0.05, 0.1) is 0 Å². The zero-order valence-corrected chi connectivity index (χ0v) is 9.46. The van der Waals surface area contributed by atoms with Crippen molar-refractivity contribution < 1.29 is 4.74 Å². The molecule has 5 heteroatoms. The summed E-state index contributed by atoms with van der Waals surface area (Å²) in [6, 6.07) is 0.591. The summed E-state index contributed by atoms with van der Waals surface area (Å²) in [4.78, 5) is 4.35. The number of ether oxygens (including phenoxy) is 1. The van der Waals surface area contributed by atoms with Crippen LogP contribution < -0.4 is 16.6 Å². The molecule has 0 aromatic carbocycles. The molecule has 1 saturated carbocycles. The number of nitrogens with one attached hydrogen (secondary N) is 2. The Kier molecular flexibility index (Phi) is 6.11. The normalized spacial score (nSPS) is 16.5. The van der Waals surface area contributed by atoms with E-state index >= 15 is 0 Å². The Hall–Kier alpha value is -0.810. The first-order valence-corrected chi connectivity index (χ1v) is 5.63. The van der Waals surface area contributed by atoms with Crippen LogP contribution in [0.25, 0.3) is 0 Å². The van der Waals surface area contributed by atoms with E-state index in [9.17, 15) is 0 Å². The van der Waals surface area contributed by atoms with Crippen LogP contribution in [0, 0.1) is 0 Å². The summed E-state index contributed by atoms with van der Waals surface area (Å²) in [7, 11) is 1.73. The van der Waals surface area contributed by atoms with Gasteiger partial charge in [-0.1, -0.05) is 0 Å². The van der Waals surface area contributed by atoms with Crippen LogP contribution in [-0.4, -0.2) is 32.3 Å². The second kappa shape index (κ2) is 7.48. The van der Waals surface area contributed by atoms with Crippen molar-refractivity contribution in [2.75, 3.05) is 20.3 Å². The van der Waals surface area contributed by atoms with E-state index in [1.165, 1.54) is 12.8 Å². The van der Waals surface area contributed by atoms with Crippen LogP contribution in [0.1, 0.15) is 32.1 Å². The first kappa shape index (κ1) is 12.3. The molecule has 0 heterocycles. The fourth-order valence-corrected chi connectivity index (χ4v) is 1.28. The highest BCUT2D eigenvalue weighted by Gasteiger charge is 2.21. The van der Waals surface area contributed by atoms with Crippen molar-refractivity contribution in [3.05, 3.63) is 0 Å². The molecule has 15 heavy (non-hydrogen) atoms. The quantitative estimate of drug-likeness (QED) is 0.188. The van der Waals surface area contributed by atoms with E-state index in [0.717, 1.165) is 38.4 Å². The van der Waals surface area contributed by atoms with E-state index in [1.807, 2.05) is 0 Å². The maximum absolute atomic E-state index is 5.35. The van der Waals surface area contributed by atoms with Crippen molar-refractivity contribution in [2.45, 2.75) is 38.1 Å². The number of hydrogen-bond acceptors (Lipinski definition) is 3. The molecule has 0 atom stereocenters. The maximum atomic E-state index is 5.35. The average Bonchev–Trinajstić information content (AvgIpc) is 3.05. The van der Waals surface area contributed by atoms with E-state index in [0.29, 0.717) is 6.04 Å². The lowest BCUT2D eigenvalue weighted by molar-refractivity contribution is 0.192. The second-order valence-electron chi connectivity index (χ2n) is 3.85. The summed E-state index contributed by atoms with van der Waals surface area (Å²) >= 11 is 0. The van der Waals surface area contributed by atoms with E-state index in [1.54, 1.807) is 7.11 Å². The Morgan fingerprint density at radius 2 is 2.20 bits per heavy atom. The molecule has 1 aliphatic carbocycles. The summed E-state index contributed by atoms with van der Waals surface area (Å²) in [5.41, 5.74) is 2.59. The zero-order chi connectivity index (χ0) is 10.9. The highest BCUT2D eigenvalue weighted by molar-refractivity contribution is 5.79. The van der Waals surface area contributed by atoms with Gasteiger partial charge in [-0.25, -0.2) is 5.84 Å². The van der Waals surface area contributed by atoms with Crippen LogP contribution in [-0.2, 0) is 4.74 Å². The lowest BCUT2D eigenvalue weighted by atomic mass is 10.2. The summed E-state index contributed by atoms with van der Waals surface area (Å²) in [6.07, 6.45) is 5.80. The van der Waals surface area contributed by atoms with Gasteiger partial charge in [0.25, 0.3) is 0 Å². The van der Waals surface area contributed by atoms with Gasteiger partial charge >= 0.3 is 0 Å². The van der Waals surface area contributed by atoms with Crippen LogP contribution >= 0.6 is 0 Å². The molecule has 0 unspecified atom stereocenters. The number of rotatable bonds is 7. The Morgan fingerprint density at radius 1 is 1.40 bits per heavy atom. The lowest BCUT2D eigenvalue weighted by Gasteiger charge is -2.07. The Morgan fingerprint density at radius 3 is 2.80 bits per heavy atom. The minimum atomic E-state index is 0.591. The van der Waals surface area contributed by atoms with Gasteiger partial charge in [0, 0.05) is 26.3 Å². The van der Waals surface area contributed by atoms with Gasteiger partial charge < -0.3 is 10.1 Å². The van der Waals surface area contributed by atoms with Crippen LogP contribution in [0.15, 0.2) is 4.99 Å². The van der Waals surface area contributed by atoms with Gasteiger partial charge in [-0.3, -0.25) is 10.4 Å². The fraction of sp³-hybridized carbons (Fsp3) is 0.900. The van der Waals surface area contributed by atoms with E-state index in [4.69, 9.17) is 10.6 Å². The van der Waals surface area contributed by atoms with Crippen molar-refractivity contribution in [3.63, 3.8) is 0 Å². The van der Waals surface area contributed by atoms with Crippen molar-refractivity contribution in [1.82, 2.24) is 10.7 Å². The van der Waals surface area contributed by atoms with Crippen molar-refractivity contribution in [3.8, 4) is 0 Å². The zero-order valence-electron chi connectivity index (χ0n) is 9.46. The van der Waals surface area contributed by atoms with Crippen LogP contribution in [0.2, 0.25) is 0 Å². The summed E-state index contributed by atoms with van der Waals surface area (Å²) in [5, 5.41) is 3.23.